The van der Waals surface area contributed by atoms with E-state index < -0.39 is 5.60 Å². The molecule has 1 aromatic rings. The van der Waals surface area contributed by atoms with Gasteiger partial charge in [0.1, 0.15) is 6.07 Å². The number of rotatable bonds is 3. The van der Waals surface area contributed by atoms with Crippen molar-refractivity contribution in [2.75, 3.05) is 17.6 Å². The number of nitriles is 1. The molecule has 1 aromatic carbocycles. The van der Waals surface area contributed by atoms with Crippen LogP contribution in [0.3, 0.4) is 0 Å². The molecule has 0 radical (unpaired) electrons. The van der Waals surface area contributed by atoms with E-state index in [4.69, 9.17) is 11.0 Å². The van der Waals surface area contributed by atoms with Crippen LogP contribution >= 0.6 is 0 Å². The lowest BCUT2D eigenvalue weighted by molar-refractivity contribution is -0.000747. The lowest BCUT2D eigenvalue weighted by Gasteiger charge is -2.36. The van der Waals surface area contributed by atoms with Crippen LogP contribution in [0.4, 0.5) is 11.4 Å². The van der Waals surface area contributed by atoms with Gasteiger partial charge in [-0.25, -0.2) is 0 Å². The third-order valence-electron chi connectivity index (χ3n) is 3.90. The Balaban J connectivity index is 2.05. The normalized spacial score (nSPS) is 26.7. The number of para-hydroxylation sites is 1. The average molecular weight is 259 g/mol. The highest BCUT2D eigenvalue weighted by atomic mass is 16.3. The average Bonchev–Trinajstić information content (AvgIpc) is 2.37. The van der Waals surface area contributed by atoms with Crippen LogP contribution < -0.4 is 11.1 Å². The summed E-state index contributed by atoms with van der Waals surface area (Å²) in [5.74, 6) is 0.559. The SMILES string of the molecule is CC1CCCC(O)(CNc2cccc(C#N)c2N)C1. The first kappa shape index (κ1) is 13.7. The molecule has 4 nitrogen and oxygen atoms in total. The second kappa shape index (κ2) is 5.50. The van der Waals surface area contributed by atoms with Gasteiger partial charge in [-0.3, -0.25) is 0 Å². The number of benzene rings is 1. The highest BCUT2D eigenvalue weighted by Crippen LogP contribution is 2.33. The summed E-state index contributed by atoms with van der Waals surface area (Å²) in [6, 6.07) is 7.39. The van der Waals surface area contributed by atoms with Crippen LogP contribution in [-0.2, 0) is 0 Å². The van der Waals surface area contributed by atoms with Crippen molar-refractivity contribution in [3.8, 4) is 6.07 Å². The molecule has 1 aliphatic rings. The molecule has 0 aromatic heterocycles. The maximum Gasteiger partial charge on any atom is 0.101 e. The smallest absolute Gasteiger partial charge is 0.101 e. The van der Waals surface area contributed by atoms with Crippen LogP contribution in [0.15, 0.2) is 18.2 Å². The van der Waals surface area contributed by atoms with Gasteiger partial charge in [-0.1, -0.05) is 25.8 Å². The third kappa shape index (κ3) is 3.18. The summed E-state index contributed by atoms with van der Waals surface area (Å²) < 4.78 is 0. The Morgan fingerprint density at radius 1 is 1.58 bits per heavy atom. The van der Waals surface area contributed by atoms with E-state index in [1.807, 2.05) is 6.07 Å². The Bertz CT molecular complexity index is 495. The van der Waals surface area contributed by atoms with Gasteiger partial charge in [0, 0.05) is 6.54 Å². The number of nitrogens with two attached hydrogens (primary N) is 1. The Hall–Kier alpha value is -1.73. The number of nitrogens with zero attached hydrogens (tertiary/aromatic N) is 1. The molecule has 1 fully saturated rings. The largest absolute Gasteiger partial charge is 0.396 e. The third-order valence-corrected chi connectivity index (χ3v) is 3.90. The monoisotopic (exact) mass is 259 g/mol. The van der Waals surface area contributed by atoms with Gasteiger partial charge in [0.05, 0.1) is 22.5 Å². The van der Waals surface area contributed by atoms with Crippen molar-refractivity contribution in [3.05, 3.63) is 23.8 Å². The van der Waals surface area contributed by atoms with Crippen molar-refractivity contribution < 1.29 is 5.11 Å². The molecule has 19 heavy (non-hydrogen) atoms. The Labute approximate surface area is 114 Å². The fraction of sp³-hybridized carbons (Fsp3) is 0.533. The standard InChI is InChI=1S/C15H21N3O/c1-11-4-3-7-15(19,8-11)10-18-13-6-2-5-12(9-16)14(13)17/h2,5-6,11,18-19H,3-4,7-8,10,17H2,1H3. The molecular weight excluding hydrogens is 238 g/mol. The second-order valence-corrected chi connectivity index (χ2v) is 5.66. The zero-order valence-electron chi connectivity index (χ0n) is 11.3. The number of nitrogens with one attached hydrogen (secondary N) is 1. The Morgan fingerprint density at radius 2 is 2.37 bits per heavy atom. The maximum atomic E-state index is 10.6. The van der Waals surface area contributed by atoms with Crippen LogP contribution in [0, 0.1) is 17.2 Å². The number of anilines is 2. The molecule has 0 amide bonds. The van der Waals surface area contributed by atoms with Crippen LogP contribution in [0.5, 0.6) is 0 Å². The summed E-state index contributed by atoms with van der Waals surface area (Å²) >= 11 is 0. The summed E-state index contributed by atoms with van der Waals surface area (Å²) in [7, 11) is 0. The number of nitrogen functional groups attached to an aromatic ring is 1. The van der Waals surface area contributed by atoms with E-state index in [1.54, 1.807) is 12.1 Å². The topological polar surface area (TPSA) is 82.1 Å². The van der Waals surface area contributed by atoms with Crippen molar-refractivity contribution in [2.24, 2.45) is 5.92 Å². The van der Waals surface area contributed by atoms with Crippen molar-refractivity contribution >= 4 is 11.4 Å². The summed E-state index contributed by atoms with van der Waals surface area (Å²) in [6.07, 6.45) is 3.89. The molecular formula is C15H21N3O. The fourth-order valence-corrected chi connectivity index (χ4v) is 2.87. The molecule has 4 heteroatoms. The summed E-state index contributed by atoms with van der Waals surface area (Å²) in [4.78, 5) is 0. The predicted octanol–water partition coefficient (Wildman–Crippen LogP) is 2.49. The van der Waals surface area contributed by atoms with E-state index in [2.05, 4.69) is 18.3 Å². The van der Waals surface area contributed by atoms with E-state index in [9.17, 15) is 5.11 Å². The van der Waals surface area contributed by atoms with E-state index >= 15 is 0 Å². The highest BCUT2D eigenvalue weighted by Gasteiger charge is 2.32. The van der Waals surface area contributed by atoms with Crippen LogP contribution in [0.2, 0.25) is 0 Å². The first-order chi connectivity index (χ1) is 9.04. The second-order valence-electron chi connectivity index (χ2n) is 5.66. The van der Waals surface area contributed by atoms with Crippen molar-refractivity contribution in [1.29, 1.82) is 5.26 Å². The minimum Gasteiger partial charge on any atom is -0.396 e. The molecule has 4 N–H and O–H groups in total. The zero-order chi connectivity index (χ0) is 13.9. The zero-order valence-corrected chi connectivity index (χ0v) is 11.3. The molecule has 0 saturated heterocycles. The van der Waals surface area contributed by atoms with Gasteiger partial charge < -0.3 is 16.2 Å². The van der Waals surface area contributed by atoms with Gasteiger partial charge >= 0.3 is 0 Å². The quantitative estimate of drug-likeness (QED) is 0.728. The number of hydrogen-bond acceptors (Lipinski definition) is 4. The molecule has 1 saturated carbocycles. The van der Waals surface area contributed by atoms with Gasteiger partial charge in [-0.2, -0.15) is 5.26 Å². The summed E-state index contributed by atoms with van der Waals surface area (Å²) in [5.41, 5.74) is 6.90. The van der Waals surface area contributed by atoms with Gasteiger partial charge in [0.2, 0.25) is 0 Å². The fourth-order valence-electron chi connectivity index (χ4n) is 2.87. The van der Waals surface area contributed by atoms with Gasteiger partial charge in [0.15, 0.2) is 0 Å². The molecule has 0 bridgehead atoms. The molecule has 2 unspecified atom stereocenters. The minimum absolute atomic E-state index is 0.456. The Kier molecular flexibility index (Phi) is 3.96. The van der Waals surface area contributed by atoms with Gasteiger partial charge in [0.25, 0.3) is 0 Å². The summed E-state index contributed by atoms with van der Waals surface area (Å²) in [6.45, 7) is 2.66. The van der Waals surface area contributed by atoms with Crippen LogP contribution in [0.1, 0.15) is 38.2 Å². The van der Waals surface area contributed by atoms with Crippen LogP contribution in [-0.4, -0.2) is 17.3 Å². The van der Waals surface area contributed by atoms with Crippen molar-refractivity contribution in [3.63, 3.8) is 0 Å². The van der Waals surface area contributed by atoms with E-state index in [0.717, 1.165) is 24.9 Å². The predicted molar refractivity (Wildman–Crippen MR) is 76.6 cm³/mol. The van der Waals surface area contributed by atoms with E-state index in [-0.39, 0.29) is 0 Å². The molecule has 102 valence electrons. The molecule has 0 heterocycles. The van der Waals surface area contributed by atoms with Gasteiger partial charge in [-0.05, 0) is 30.9 Å². The molecule has 1 aliphatic carbocycles. The first-order valence-corrected chi connectivity index (χ1v) is 6.79. The van der Waals surface area contributed by atoms with Crippen molar-refractivity contribution in [2.45, 2.75) is 38.2 Å². The first-order valence-electron chi connectivity index (χ1n) is 6.79. The van der Waals surface area contributed by atoms with Crippen LogP contribution in [0.25, 0.3) is 0 Å². The highest BCUT2D eigenvalue weighted by molar-refractivity contribution is 5.72. The number of aliphatic hydroxyl groups is 1. The lowest BCUT2D eigenvalue weighted by atomic mass is 9.79. The molecule has 0 spiro atoms. The molecule has 2 rings (SSSR count). The van der Waals surface area contributed by atoms with Gasteiger partial charge in [-0.15, -0.1) is 0 Å². The lowest BCUT2D eigenvalue weighted by Crippen LogP contribution is -2.41. The number of hydrogen-bond donors (Lipinski definition) is 3. The maximum absolute atomic E-state index is 10.6. The minimum atomic E-state index is -0.660. The van der Waals surface area contributed by atoms with Crippen molar-refractivity contribution in [1.82, 2.24) is 0 Å². The van der Waals surface area contributed by atoms with E-state index in [1.165, 1.54) is 6.42 Å². The Morgan fingerprint density at radius 3 is 3.05 bits per heavy atom. The van der Waals surface area contributed by atoms with E-state index in [0.29, 0.717) is 23.7 Å². The molecule has 0 aliphatic heterocycles. The summed E-state index contributed by atoms with van der Waals surface area (Å²) in [5, 5.41) is 22.7. The molecule has 2 atom stereocenters.